The fourth-order valence-corrected chi connectivity index (χ4v) is 3.68. The van der Waals surface area contributed by atoms with Crippen molar-refractivity contribution in [1.29, 1.82) is 0 Å². The number of hydrogen-bond acceptors (Lipinski definition) is 11. The fourth-order valence-electron chi connectivity index (χ4n) is 3.68. The Labute approximate surface area is 156 Å². The second kappa shape index (κ2) is 7.62. The van der Waals surface area contributed by atoms with E-state index >= 15 is 0 Å². The number of H-pyrrole nitrogens is 1. The fraction of sp³-hybridized carbons (Fsp3) is 0.733. The topological polar surface area (TPSA) is 215 Å². The average molecular weight is 406 g/mol. The highest BCUT2D eigenvalue weighted by Crippen LogP contribution is 2.42. The van der Waals surface area contributed by atoms with Crippen LogP contribution in [0.1, 0.15) is 0 Å². The number of ether oxygens (including phenoxy) is 2. The molecule has 1 aromatic rings. The number of rotatable bonds is 4. The van der Waals surface area contributed by atoms with E-state index in [1.165, 1.54) is 0 Å². The second-order valence-corrected chi connectivity index (χ2v) is 6.76. The van der Waals surface area contributed by atoms with E-state index in [1.54, 1.807) is 0 Å². The minimum atomic E-state index is -2.41. The summed E-state index contributed by atoms with van der Waals surface area (Å²) in [6.07, 6.45) is -13.0. The van der Waals surface area contributed by atoms with Gasteiger partial charge in [-0.15, -0.1) is 0 Å². The van der Waals surface area contributed by atoms with Gasteiger partial charge < -0.3 is 45.2 Å². The zero-order chi connectivity index (χ0) is 20.8. The molecule has 2 saturated heterocycles. The molecule has 9 atom stereocenters. The molecule has 2 aliphatic heterocycles. The summed E-state index contributed by atoms with van der Waals surface area (Å²) >= 11 is 0. The Bertz CT molecular complexity index is 810. The first-order chi connectivity index (χ1) is 13.2. The molecule has 0 unspecified atom stereocenters. The monoisotopic (exact) mass is 406 g/mol. The van der Waals surface area contributed by atoms with E-state index in [0.29, 0.717) is 4.57 Å². The van der Waals surface area contributed by atoms with Crippen molar-refractivity contribution in [2.45, 2.75) is 54.6 Å². The Morgan fingerprint density at radius 3 is 2.14 bits per heavy atom. The predicted octanol–water partition coefficient (Wildman–Crippen LogP) is -5.86. The zero-order valence-electron chi connectivity index (χ0n) is 14.4. The number of nitrogens with zero attached hydrogens (tertiary/aromatic N) is 1. The van der Waals surface area contributed by atoms with Crippen LogP contribution < -0.4 is 11.2 Å². The standard InChI is InChI=1S/C15H22N2O11/c18-3-5-8(21)10(23)11(24)13(27-5)15(12(25)9(22)6(4-19)28-15)17-2-1-7(20)16-14(17)26/h1-2,5-6,8-13,18-19,21-25H,3-4H2,(H,16,20,26)/t5-,6-,8-,9-,10+,11-,12-,13+,15+/m1/s1. The van der Waals surface area contributed by atoms with Gasteiger partial charge in [0.05, 0.1) is 13.2 Å². The summed E-state index contributed by atoms with van der Waals surface area (Å²) in [4.78, 5) is 25.7. The van der Waals surface area contributed by atoms with Crippen LogP contribution in [0.2, 0.25) is 0 Å². The molecule has 28 heavy (non-hydrogen) atoms. The lowest BCUT2D eigenvalue weighted by molar-refractivity contribution is -0.310. The highest BCUT2D eigenvalue weighted by molar-refractivity contribution is 5.10. The Morgan fingerprint density at radius 1 is 0.964 bits per heavy atom. The van der Waals surface area contributed by atoms with Crippen LogP contribution >= 0.6 is 0 Å². The molecule has 13 heteroatoms. The molecule has 0 saturated carbocycles. The zero-order valence-corrected chi connectivity index (χ0v) is 14.4. The van der Waals surface area contributed by atoms with E-state index in [4.69, 9.17) is 9.47 Å². The number of aliphatic hydroxyl groups is 7. The van der Waals surface area contributed by atoms with Crippen molar-refractivity contribution in [1.82, 2.24) is 9.55 Å². The molecule has 0 radical (unpaired) electrons. The third kappa shape index (κ3) is 3.01. The molecule has 0 bridgehead atoms. The van der Waals surface area contributed by atoms with E-state index in [9.17, 15) is 45.3 Å². The molecule has 0 aliphatic carbocycles. The molecule has 1 aromatic heterocycles. The van der Waals surface area contributed by atoms with Crippen LogP contribution in [0, 0.1) is 0 Å². The molecular weight excluding hydrogens is 384 g/mol. The van der Waals surface area contributed by atoms with E-state index < -0.39 is 79.0 Å². The quantitative estimate of drug-likeness (QED) is 0.236. The van der Waals surface area contributed by atoms with Gasteiger partial charge in [0.25, 0.3) is 5.56 Å². The molecule has 2 fully saturated rings. The van der Waals surface area contributed by atoms with Gasteiger partial charge >= 0.3 is 5.69 Å². The van der Waals surface area contributed by atoms with Crippen molar-refractivity contribution in [2.75, 3.05) is 13.2 Å². The molecule has 2 aliphatic rings. The van der Waals surface area contributed by atoms with Crippen molar-refractivity contribution in [3.05, 3.63) is 33.1 Å². The van der Waals surface area contributed by atoms with Crippen molar-refractivity contribution in [3.8, 4) is 0 Å². The van der Waals surface area contributed by atoms with Crippen LogP contribution in [0.3, 0.4) is 0 Å². The summed E-state index contributed by atoms with van der Waals surface area (Å²) in [7, 11) is 0. The number of aromatic nitrogens is 2. The van der Waals surface area contributed by atoms with Crippen molar-refractivity contribution >= 4 is 0 Å². The predicted molar refractivity (Wildman–Crippen MR) is 87.0 cm³/mol. The van der Waals surface area contributed by atoms with Crippen LogP contribution in [0.5, 0.6) is 0 Å². The van der Waals surface area contributed by atoms with Gasteiger partial charge in [0.1, 0.15) is 48.8 Å². The van der Waals surface area contributed by atoms with Gasteiger partial charge in [0, 0.05) is 12.3 Å². The number of aromatic amines is 1. The Balaban J connectivity index is 2.20. The maximum absolute atomic E-state index is 12.4. The maximum Gasteiger partial charge on any atom is 0.330 e. The Morgan fingerprint density at radius 2 is 1.61 bits per heavy atom. The van der Waals surface area contributed by atoms with Crippen molar-refractivity contribution in [2.24, 2.45) is 0 Å². The molecule has 0 amide bonds. The maximum atomic E-state index is 12.4. The molecule has 0 spiro atoms. The van der Waals surface area contributed by atoms with Crippen LogP contribution in [-0.2, 0) is 15.2 Å². The molecule has 3 heterocycles. The normalized spacial score (nSPS) is 44.0. The van der Waals surface area contributed by atoms with E-state index in [1.807, 2.05) is 4.98 Å². The van der Waals surface area contributed by atoms with Gasteiger partial charge in [-0.2, -0.15) is 0 Å². The van der Waals surface area contributed by atoms with Gasteiger partial charge in [-0.05, 0) is 0 Å². The first-order valence-corrected chi connectivity index (χ1v) is 8.46. The summed E-state index contributed by atoms with van der Waals surface area (Å²) in [5.41, 5.74) is -4.30. The first-order valence-electron chi connectivity index (χ1n) is 8.46. The number of hydrogen-bond donors (Lipinski definition) is 8. The SMILES string of the molecule is O=c1ccn([C@]2([C@H]3O[C@H](CO)[C@@H](O)[C@H](O)[C@H]3O)O[C@H](CO)[C@@H](O)[C@H]2O)c(=O)[nH]1. The summed E-state index contributed by atoms with van der Waals surface area (Å²) in [5, 5.41) is 70.3. The summed E-state index contributed by atoms with van der Waals surface area (Å²) in [6, 6.07) is 0.905. The van der Waals surface area contributed by atoms with Gasteiger partial charge in [0.2, 0.25) is 5.72 Å². The Hall–Kier alpha value is -1.68. The Kier molecular flexibility index (Phi) is 5.73. The molecule has 8 N–H and O–H groups in total. The van der Waals surface area contributed by atoms with E-state index in [-0.39, 0.29) is 0 Å². The van der Waals surface area contributed by atoms with E-state index in [0.717, 1.165) is 12.3 Å². The summed E-state index contributed by atoms with van der Waals surface area (Å²) in [6.45, 7) is -1.57. The van der Waals surface area contributed by atoms with Crippen molar-refractivity contribution in [3.63, 3.8) is 0 Å². The lowest BCUT2D eigenvalue weighted by atomic mass is 9.86. The third-order valence-corrected chi connectivity index (χ3v) is 5.15. The van der Waals surface area contributed by atoms with Gasteiger partial charge in [-0.1, -0.05) is 0 Å². The molecule has 0 aromatic carbocycles. The smallest absolute Gasteiger partial charge is 0.330 e. The van der Waals surface area contributed by atoms with Crippen molar-refractivity contribution < 1.29 is 45.2 Å². The number of aliphatic hydroxyl groups excluding tert-OH is 7. The number of nitrogens with one attached hydrogen (secondary N) is 1. The van der Waals surface area contributed by atoms with Crippen LogP contribution in [0.15, 0.2) is 21.9 Å². The largest absolute Gasteiger partial charge is 0.394 e. The van der Waals surface area contributed by atoms with Crippen LogP contribution in [0.25, 0.3) is 0 Å². The highest BCUT2D eigenvalue weighted by Gasteiger charge is 2.65. The average Bonchev–Trinajstić information content (AvgIpc) is 2.92. The first kappa shape index (κ1) is 21.0. The van der Waals surface area contributed by atoms with Crippen LogP contribution in [-0.4, -0.2) is 107 Å². The van der Waals surface area contributed by atoms with Gasteiger partial charge in [0.15, 0.2) is 0 Å². The third-order valence-electron chi connectivity index (χ3n) is 5.15. The van der Waals surface area contributed by atoms with Gasteiger partial charge in [-0.25, -0.2) is 4.79 Å². The van der Waals surface area contributed by atoms with E-state index in [2.05, 4.69) is 0 Å². The second-order valence-electron chi connectivity index (χ2n) is 6.76. The molecule has 158 valence electrons. The molecule has 13 nitrogen and oxygen atoms in total. The molecular formula is C15H22N2O11. The summed E-state index contributed by atoms with van der Waals surface area (Å²) in [5.74, 6) is 0. The highest BCUT2D eigenvalue weighted by atomic mass is 16.6. The van der Waals surface area contributed by atoms with Gasteiger partial charge in [-0.3, -0.25) is 14.3 Å². The minimum absolute atomic E-state index is 0.644. The summed E-state index contributed by atoms with van der Waals surface area (Å²) < 4.78 is 11.6. The minimum Gasteiger partial charge on any atom is -0.394 e. The van der Waals surface area contributed by atoms with Crippen LogP contribution in [0.4, 0.5) is 0 Å². The lowest BCUT2D eigenvalue weighted by Crippen LogP contribution is -2.69. The molecule has 3 rings (SSSR count). The lowest BCUT2D eigenvalue weighted by Gasteiger charge is -2.48.